The van der Waals surface area contributed by atoms with Crippen LogP contribution in [0.1, 0.15) is 19.8 Å². The number of aliphatic hydroxyl groups excluding tert-OH is 1. The van der Waals surface area contributed by atoms with E-state index in [2.05, 4.69) is 4.99 Å². The molecule has 118 valence electrons. The summed E-state index contributed by atoms with van der Waals surface area (Å²) in [6, 6.07) is -1.98. The quantitative estimate of drug-likeness (QED) is 0.147. The van der Waals surface area contributed by atoms with E-state index in [1.165, 1.54) is 6.92 Å². The number of nitrogens with two attached hydrogens (primary N) is 4. The molecule has 20 heavy (non-hydrogen) atoms. The van der Waals surface area contributed by atoms with E-state index in [1.54, 1.807) is 0 Å². The normalized spacial score (nSPS) is 14.2. The topological polar surface area (TPSA) is 211 Å². The largest absolute Gasteiger partial charge is 0.480 e. The number of aliphatic carboxylic acids is 2. The first-order valence-electron chi connectivity index (χ1n) is 5.79. The summed E-state index contributed by atoms with van der Waals surface area (Å²) in [6.07, 6.45) is -0.0233. The summed E-state index contributed by atoms with van der Waals surface area (Å²) in [7, 11) is 0. The van der Waals surface area contributed by atoms with Gasteiger partial charge in [0.15, 0.2) is 5.96 Å². The van der Waals surface area contributed by atoms with E-state index < -0.39 is 30.1 Å². The van der Waals surface area contributed by atoms with Crippen molar-refractivity contribution in [3.05, 3.63) is 0 Å². The fraction of sp³-hybridized carbons (Fsp3) is 0.700. The molecular weight excluding hydrogens is 270 g/mol. The van der Waals surface area contributed by atoms with Crippen LogP contribution in [0.5, 0.6) is 0 Å². The fourth-order valence-corrected chi connectivity index (χ4v) is 0.849. The zero-order valence-electron chi connectivity index (χ0n) is 11.3. The highest BCUT2D eigenvalue weighted by atomic mass is 16.4. The Hall–Kier alpha value is -1.91. The number of carboxylic acids is 2. The van der Waals surface area contributed by atoms with Crippen molar-refractivity contribution in [2.45, 2.75) is 38.0 Å². The van der Waals surface area contributed by atoms with Crippen LogP contribution in [0, 0.1) is 0 Å². The van der Waals surface area contributed by atoms with Crippen molar-refractivity contribution in [2.24, 2.45) is 27.9 Å². The van der Waals surface area contributed by atoms with Gasteiger partial charge in [-0.15, -0.1) is 0 Å². The van der Waals surface area contributed by atoms with Gasteiger partial charge in [-0.1, -0.05) is 0 Å². The SMILES string of the molecule is CC(O)[C@H](N)C(=O)O.NC(N)=NCCC[C@H](N)C(=O)O. The maximum absolute atomic E-state index is 10.2. The van der Waals surface area contributed by atoms with Gasteiger partial charge in [0.2, 0.25) is 0 Å². The number of carbonyl (C=O) groups is 2. The summed E-state index contributed by atoms with van der Waals surface area (Å²) in [5, 5.41) is 24.9. The van der Waals surface area contributed by atoms with Crippen LogP contribution < -0.4 is 22.9 Å². The summed E-state index contributed by atoms with van der Waals surface area (Å²) < 4.78 is 0. The van der Waals surface area contributed by atoms with Crippen molar-refractivity contribution in [3.8, 4) is 0 Å². The molecule has 0 radical (unpaired) electrons. The molecule has 0 rings (SSSR count). The molecule has 0 aromatic rings. The van der Waals surface area contributed by atoms with Gasteiger partial charge in [0.1, 0.15) is 12.1 Å². The van der Waals surface area contributed by atoms with Crippen molar-refractivity contribution in [2.75, 3.05) is 6.54 Å². The van der Waals surface area contributed by atoms with Crippen molar-refractivity contribution in [3.63, 3.8) is 0 Å². The second kappa shape index (κ2) is 11.0. The molecule has 0 heterocycles. The smallest absolute Gasteiger partial charge is 0.323 e. The van der Waals surface area contributed by atoms with Crippen LogP contribution in [0.4, 0.5) is 0 Å². The van der Waals surface area contributed by atoms with Crippen LogP contribution in [0.3, 0.4) is 0 Å². The number of nitrogens with zero attached hydrogens (tertiary/aromatic N) is 1. The molecule has 1 unspecified atom stereocenters. The molecule has 0 aliphatic carbocycles. The first-order valence-corrected chi connectivity index (χ1v) is 5.79. The monoisotopic (exact) mass is 293 g/mol. The lowest BCUT2D eigenvalue weighted by Gasteiger charge is -2.06. The molecule has 0 aliphatic heterocycles. The average molecular weight is 293 g/mol. The first-order chi connectivity index (χ1) is 9.09. The minimum absolute atomic E-state index is 0.0129. The molecule has 0 saturated carbocycles. The molecule has 0 saturated heterocycles. The van der Waals surface area contributed by atoms with E-state index in [-0.39, 0.29) is 5.96 Å². The molecular formula is C10H23N5O5. The Morgan fingerprint density at radius 2 is 1.65 bits per heavy atom. The van der Waals surface area contributed by atoms with Gasteiger partial charge < -0.3 is 38.3 Å². The predicted molar refractivity (Wildman–Crippen MR) is 72.8 cm³/mol. The van der Waals surface area contributed by atoms with Gasteiger partial charge in [-0.3, -0.25) is 14.6 Å². The number of aliphatic hydroxyl groups is 1. The minimum atomic E-state index is -1.18. The van der Waals surface area contributed by atoms with Crippen molar-refractivity contribution in [1.82, 2.24) is 0 Å². The van der Waals surface area contributed by atoms with Crippen LogP contribution in [0.15, 0.2) is 4.99 Å². The zero-order chi connectivity index (χ0) is 16.3. The molecule has 0 aromatic carbocycles. The molecule has 11 N–H and O–H groups in total. The standard InChI is InChI=1S/C6H14N4O2.C4H9NO3/c7-4(5(11)12)2-1-3-10-6(8)9;1-2(6)3(5)4(7)8/h4H,1-3,7H2,(H,11,12)(H4,8,9,10);2-3,6H,5H2,1H3,(H,7,8)/t4-;2?,3-/m00/s1. The van der Waals surface area contributed by atoms with E-state index in [9.17, 15) is 9.59 Å². The Morgan fingerprint density at radius 1 is 1.15 bits per heavy atom. The number of hydrogen-bond acceptors (Lipinski definition) is 6. The summed E-state index contributed by atoms with van der Waals surface area (Å²) >= 11 is 0. The molecule has 0 fully saturated rings. The van der Waals surface area contributed by atoms with Crippen LogP contribution in [-0.4, -0.2) is 58.0 Å². The number of hydrogen-bond donors (Lipinski definition) is 7. The maximum Gasteiger partial charge on any atom is 0.323 e. The van der Waals surface area contributed by atoms with Crippen LogP contribution >= 0.6 is 0 Å². The Morgan fingerprint density at radius 3 is 1.90 bits per heavy atom. The number of rotatable bonds is 7. The lowest BCUT2D eigenvalue weighted by molar-refractivity contribution is -0.141. The minimum Gasteiger partial charge on any atom is -0.480 e. The molecule has 3 atom stereocenters. The average Bonchev–Trinajstić information content (AvgIpc) is 2.33. The van der Waals surface area contributed by atoms with E-state index in [0.717, 1.165) is 0 Å². The van der Waals surface area contributed by atoms with E-state index in [1.807, 2.05) is 0 Å². The lowest BCUT2D eigenvalue weighted by Crippen LogP contribution is -2.39. The van der Waals surface area contributed by atoms with Gasteiger partial charge in [-0.25, -0.2) is 0 Å². The van der Waals surface area contributed by atoms with E-state index in [4.69, 9.17) is 38.3 Å². The Bertz CT molecular complexity index is 330. The van der Waals surface area contributed by atoms with Crippen LogP contribution in [0.25, 0.3) is 0 Å². The van der Waals surface area contributed by atoms with Gasteiger partial charge in [0, 0.05) is 6.54 Å². The second-order valence-electron chi connectivity index (χ2n) is 4.00. The summed E-state index contributed by atoms with van der Waals surface area (Å²) in [6.45, 7) is 1.75. The lowest BCUT2D eigenvalue weighted by atomic mass is 10.2. The highest BCUT2D eigenvalue weighted by Crippen LogP contribution is 1.94. The van der Waals surface area contributed by atoms with E-state index in [0.29, 0.717) is 19.4 Å². The van der Waals surface area contributed by atoms with Crippen molar-refractivity contribution < 1.29 is 24.9 Å². The second-order valence-corrected chi connectivity index (χ2v) is 4.00. The van der Waals surface area contributed by atoms with Gasteiger partial charge in [-0.05, 0) is 19.8 Å². The molecule has 10 heteroatoms. The Labute approximate surface area is 116 Å². The summed E-state index contributed by atoms with van der Waals surface area (Å²) in [5.74, 6) is -2.17. The first kappa shape index (κ1) is 20.4. The van der Waals surface area contributed by atoms with Crippen molar-refractivity contribution in [1.29, 1.82) is 0 Å². The predicted octanol–water partition coefficient (Wildman–Crippen LogP) is -2.77. The molecule has 0 bridgehead atoms. The molecule has 0 amide bonds. The third-order valence-corrected chi connectivity index (χ3v) is 2.09. The summed E-state index contributed by atoms with van der Waals surface area (Å²) in [4.78, 5) is 23.8. The van der Waals surface area contributed by atoms with Gasteiger partial charge in [0.25, 0.3) is 0 Å². The molecule has 10 nitrogen and oxygen atoms in total. The number of guanidine groups is 1. The molecule has 0 spiro atoms. The third-order valence-electron chi connectivity index (χ3n) is 2.09. The van der Waals surface area contributed by atoms with Crippen LogP contribution in [-0.2, 0) is 9.59 Å². The highest BCUT2D eigenvalue weighted by molar-refractivity contribution is 5.75. The number of aliphatic imine (C=N–C) groups is 1. The molecule has 0 aromatic heterocycles. The Kier molecular flexibility index (Phi) is 11.2. The van der Waals surface area contributed by atoms with Crippen molar-refractivity contribution >= 4 is 17.9 Å². The fourth-order valence-electron chi connectivity index (χ4n) is 0.849. The summed E-state index contributed by atoms with van der Waals surface area (Å²) in [5.41, 5.74) is 20.2. The Balaban J connectivity index is 0. The number of carboxylic acid groups (broad SMARTS) is 2. The van der Waals surface area contributed by atoms with E-state index >= 15 is 0 Å². The molecule has 0 aliphatic rings. The zero-order valence-corrected chi connectivity index (χ0v) is 11.3. The van der Waals surface area contributed by atoms with Gasteiger partial charge in [-0.2, -0.15) is 0 Å². The maximum atomic E-state index is 10.2. The van der Waals surface area contributed by atoms with Gasteiger partial charge >= 0.3 is 11.9 Å². The highest BCUT2D eigenvalue weighted by Gasteiger charge is 2.16. The van der Waals surface area contributed by atoms with Gasteiger partial charge in [0.05, 0.1) is 6.10 Å². The third kappa shape index (κ3) is 12.5. The van der Waals surface area contributed by atoms with Crippen LogP contribution in [0.2, 0.25) is 0 Å².